The SMILES string of the molecule is [B]c1ccc(O[C@@H](C)C2CCN(c3nc(C(C)C)no3)CC2)nc1. The summed E-state index contributed by atoms with van der Waals surface area (Å²) >= 11 is 0. The summed E-state index contributed by atoms with van der Waals surface area (Å²) in [6, 6.07) is 4.25. The van der Waals surface area contributed by atoms with Crippen molar-refractivity contribution in [3.05, 3.63) is 24.2 Å². The van der Waals surface area contributed by atoms with E-state index in [0.717, 1.165) is 31.8 Å². The molecule has 0 bridgehead atoms. The minimum Gasteiger partial charge on any atom is -0.474 e. The fraction of sp³-hybridized carbons (Fsp3) is 0.588. The second-order valence-corrected chi connectivity index (χ2v) is 6.67. The van der Waals surface area contributed by atoms with E-state index >= 15 is 0 Å². The molecule has 2 radical (unpaired) electrons. The van der Waals surface area contributed by atoms with Gasteiger partial charge in [0.05, 0.1) is 0 Å². The second-order valence-electron chi connectivity index (χ2n) is 6.67. The Bertz CT molecular complexity index is 651. The molecule has 3 rings (SSSR count). The number of piperidine rings is 1. The third kappa shape index (κ3) is 3.89. The van der Waals surface area contributed by atoms with Crippen molar-refractivity contribution in [3.63, 3.8) is 0 Å². The second kappa shape index (κ2) is 7.24. The fourth-order valence-corrected chi connectivity index (χ4v) is 2.90. The minimum absolute atomic E-state index is 0.109. The highest BCUT2D eigenvalue weighted by atomic mass is 16.5. The lowest BCUT2D eigenvalue weighted by atomic mass is 9.92. The summed E-state index contributed by atoms with van der Waals surface area (Å²) in [5.41, 5.74) is 0.642. The van der Waals surface area contributed by atoms with Crippen LogP contribution in [0.2, 0.25) is 0 Å². The van der Waals surface area contributed by atoms with E-state index in [1.54, 1.807) is 12.3 Å². The van der Waals surface area contributed by atoms with Crippen LogP contribution in [-0.2, 0) is 0 Å². The van der Waals surface area contributed by atoms with Crippen molar-refractivity contribution < 1.29 is 9.26 Å². The topological polar surface area (TPSA) is 64.3 Å². The molecular weight excluding hydrogens is 303 g/mol. The van der Waals surface area contributed by atoms with Crippen molar-refractivity contribution in [2.75, 3.05) is 18.0 Å². The molecule has 0 unspecified atom stereocenters. The molecule has 3 heterocycles. The van der Waals surface area contributed by atoms with Gasteiger partial charge in [0, 0.05) is 25.2 Å². The van der Waals surface area contributed by atoms with Gasteiger partial charge < -0.3 is 14.2 Å². The molecule has 126 valence electrons. The summed E-state index contributed by atoms with van der Waals surface area (Å²) in [5, 5.41) is 4.04. The van der Waals surface area contributed by atoms with Crippen LogP contribution in [0, 0.1) is 5.92 Å². The van der Waals surface area contributed by atoms with Gasteiger partial charge in [-0.1, -0.05) is 30.5 Å². The van der Waals surface area contributed by atoms with E-state index in [9.17, 15) is 0 Å². The van der Waals surface area contributed by atoms with Gasteiger partial charge in [0.1, 0.15) is 14.0 Å². The molecule has 0 saturated carbocycles. The zero-order valence-electron chi connectivity index (χ0n) is 14.5. The zero-order chi connectivity index (χ0) is 17.1. The molecule has 24 heavy (non-hydrogen) atoms. The predicted octanol–water partition coefficient (Wildman–Crippen LogP) is 2.07. The summed E-state index contributed by atoms with van der Waals surface area (Å²) in [6.45, 7) is 8.01. The van der Waals surface area contributed by atoms with E-state index in [1.807, 2.05) is 6.07 Å². The minimum atomic E-state index is 0.109. The number of aromatic nitrogens is 3. The Morgan fingerprint density at radius 2 is 2.00 bits per heavy atom. The fourth-order valence-electron chi connectivity index (χ4n) is 2.90. The number of anilines is 1. The van der Waals surface area contributed by atoms with Gasteiger partial charge in [-0.2, -0.15) is 4.98 Å². The maximum atomic E-state index is 5.95. The summed E-state index contributed by atoms with van der Waals surface area (Å²) in [4.78, 5) is 10.8. The van der Waals surface area contributed by atoms with E-state index in [4.69, 9.17) is 17.1 Å². The van der Waals surface area contributed by atoms with Crippen molar-refractivity contribution in [2.24, 2.45) is 5.92 Å². The summed E-state index contributed by atoms with van der Waals surface area (Å²) in [6.07, 6.45) is 3.77. The number of rotatable bonds is 5. The van der Waals surface area contributed by atoms with E-state index in [2.05, 4.69) is 40.8 Å². The molecule has 0 spiro atoms. The number of ether oxygens (including phenoxy) is 1. The van der Waals surface area contributed by atoms with Gasteiger partial charge in [0.15, 0.2) is 5.82 Å². The molecule has 1 atom stereocenters. The first-order valence-corrected chi connectivity index (χ1v) is 8.49. The first kappa shape index (κ1) is 16.8. The Hall–Kier alpha value is -2.05. The standard InChI is InChI=1S/C17H23BN4O2/c1-11(2)16-20-17(24-21-16)22-8-6-13(7-9-22)12(3)23-15-5-4-14(18)10-19-15/h4-5,10-13H,6-9H2,1-3H3/t12-/m0/s1. The molecule has 1 fully saturated rings. The molecule has 0 aliphatic carbocycles. The average molecular weight is 326 g/mol. The van der Waals surface area contributed by atoms with E-state index in [1.165, 1.54) is 0 Å². The van der Waals surface area contributed by atoms with Crippen LogP contribution in [0.3, 0.4) is 0 Å². The first-order valence-electron chi connectivity index (χ1n) is 8.49. The average Bonchev–Trinajstić information content (AvgIpc) is 3.07. The molecular formula is C17H23BN4O2. The third-order valence-electron chi connectivity index (χ3n) is 4.49. The monoisotopic (exact) mass is 326 g/mol. The molecule has 1 saturated heterocycles. The normalized spacial score (nSPS) is 17.2. The summed E-state index contributed by atoms with van der Waals surface area (Å²) in [7, 11) is 5.65. The van der Waals surface area contributed by atoms with Gasteiger partial charge in [0.2, 0.25) is 5.88 Å². The van der Waals surface area contributed by atoms with Gasteiger partial charge in [0.25, 0.3) is 0 Å². The molecule has 7 heteroatoms. The lowest BCUT2D eigenvalue weighted by Crippen LogP contribution is -2.39. The van der Waals surface area contributed by atoms with Crippen molar-refractivity contribution >= 4 is 19.3 Å². The molecule has 0 amide bonds. The lowest BCUT2D eigenvalue weighted by Gasteiger charge is -2.33. The number of nitrogens with zero attached hydrogens (tertiary/aromatic N) is 4. The lowest BCUT2D eigenvalue weighted by molar-refractivity contribution is 0.126. The highest BCUT2D eigenvalue weighted by molar-refractivity contribution is 6.32. The predicted molar refractivity (Wildman–Crippen MR) is 93.0 cm³/mol. The van der Waals surface area contributed by atoms with Crippen LogP contribution in [0.1, 0.15) is 45.4 Å². The van der Waals surface area contributed by atoms with Crippen LogP contribution in [0.5, 0.6) is 5.88 Å². The molecule has 0 N–H and O–H groups in total. The van der Waals surface area contributed by atoms with Crippen LogP contribution in [0.15, 0.2) is 22.9 Å². The first-order chi connectivity index (χ1) is 11.5. The number of hydrogen-bond acceptors (Lipinski definition) is 6. The van der Waals surface area contributed by atoms with Crippen molar-refractivity contribution in [1.82, 2.24) is 15.1 Å². The Balaban J connectivity index is 1.53. The zero-order valence-corrected chi connectivity index (χ0v) is 14.5. The van der Waals surface area contributed by atoms with E-state index < -0.39 is 0 Å². The molecule has 6 nitrogen and oxygen atoms in total. The van der Waals surface area contributed by atoms with Crippen LogP contribution in [-0.4, -0.2) is 42.2 Å². The largest absolute Gasteiger partial charge is 0.474 e. The summed E-state index contributed by atoms with van der Waals surface area (Å²) in [5.74, 6) is 2.14. The van der Waals surface area contributed by atoms with E-state index in [0.29, 0.717) is 23.3 Å². The van der Waals surface area contributed by atoms with Crippen LogP contribution < -0.4 is 15.1 Å². The summed E-state index contributed by atoms with van der Waals surface area (Å²) < 4.78 is 11.3. The molecule has 2 aromatic heterocycles. The highest BCUT2D eigenvalue weighted by Crippen LogP contribution is 2.26. The maximum Gasteiger partial charge on any atom is 0.324 e. The van der Waals surface area contributed by atoms with Gasteiger partial charge in [-0.15, -0.1) is 0 Å². The van der Waals surface area contributed by atoms with Gasteiger partial charge in [-0.05, 0) is 31.7 Å². The highest BCUT2D eigenvalue weighted by Gasteiger charge is 2.28. The van der Waals surface area contributed by atoms with Gasteiger partial charge in [-0.25, -0.2) is 4.98 Å². The molecule has 1 aliphatic heterocycles. The number of hydrogen-bond donors (Lipinski definition) is 0. The number of pyridine rings is 1. The van der Waals surface area contributed by atoms with Crippen LogP contribution in [0.25, 0.3) is 0 Å². The van der Waals surface area contributed by atoms with E-state index in [-0.39, 0.29) is 12.0 Å². The molecule has 2 aromatic rings. The Kier molecular flexibility index (Phi) is 5.07. The third-order valence-corrected chi connectivity index (χ3v) is 4.49. The molecule has 0 aromatic carbocycles. The quantitative estimate of drug-likeness (QED) is 0.784. The Morgan fingerprint density at radius 1 is 1.25 bits per heavy atom. The van der Waals surface area contributed by atoms with Crippen LogP contribution >= 0.6 is 0 Å². The van der Waals surface area contributed by atoms with Crippen LogP contribution in [0.4, 0.5) is 6.01 Å². The van der Waals surface area contributed by atoms with Gasteiger partial charge >= 0.3 is 6.01 Å². The van der Waals surface area contributed by atoms with Gasteiger partial charge in [-0.3, -0.25) is 0 Å². The Labute approximate surface area is 144 Å². The van der Waals surface area contributed by atoms with Crippen molar-refractivity contribution in [3.8, 4) is 5.88 Å². The smallest absolute Gasteiger partial charge is 0.324 e. The Morgan fingerprint density at radius 3 is 2.58 bits per heavy atom. The van der Waals surface area contributed by atoms with Crippen molar-refractivity contribution in [2.45, 2.75) is 45.6 Å². The van der Waals surface area contributed by atoms with Crippen molar-refractivity contribution in [1.29, 1.82) is 0 Å². The maximum absolute atomic E-state index is 5.95. The molecule has 1 aliphatic rings.